The van der Waals surface area contributed by atoms with Gasteiger partial charge in [-0.05, 0) is 53.7 Å². The van der Waals surface area contributed by atoms with Crippen LogP contribution in [0.4, 0.5) is 0 Å². The number of hydrogen-bond donors (Lipinski definition) is 4. The van der Waals surface area contributed by atoms with E-state index in [1.165, 1.54) is 39.8 Å². The number of carbonyl (C=O) groups is 2. The maximum atomic E-state index is 14.3. The Morgan fingerprint density at radius 2 is 1.03 bits per heavy atom. The van der Waals surface area contributed by atoms with Crippen LogP contribution in [0.15, 0.2) is 71.3 Å². The maximum Gasteiger partial charge on any atom is 0.210 e. The van der Waals surface area contributed by atoms with Crippen LogP contribution in [0.3, 0.4) is 0 Å². The van der Waals surface area contributed by atoms with Crippen molar-refractivity contribution < 1.29 is 39.5 Å². The van der Waals surface area contributed by atoms with Crippen LogP contribution < -0.4 is 0 Å². The molecule has 3 unspecified atom stereocenters. The van der Waals surface area contributed by atoms with Gasteiger partial charge in [-0.1, -0.05) is 36.5 Å². The molecule has 0 spiro atoms. The van der Waals surface area contributed by atoms with Crippen molar-refractivity contribution in [3.05, 3.63) is 71.3 Å². The van der Waals surface area contributed by atoms with Gasteiger partial charge < -0.3 is 29.9 Å². The second-order valence-electron chi connectivity index (χ2n) is 11.0. The second kappa shape index (κ2) is 6.95. The number of carbonyl (C=O) groups excluding carboxylic acids is 2. The summed E-state index contributed by atoms with van der Waals surface area (Å²) in [5.41, 5.74) is -7.52. The van der Waals surface area contributed by atoms with Crippen LogP contribution in [-0.4, -0.2) is 54.8 Å². The Kier molecular flexibility index (Phi) is 4.81. The van der Waals surface area contributed by atoms with Gasteiger partial charge in [-0.25, -0.2) is 0 Å². The molecule has 0 amide bonds. The first kappa shape index (κ1) is 24.9. The van der Waals surface area contributed by atoms with Gasteiger partial charge in [0.2, 0.25) is 11.6 Å². The molecule has 8 atom stereocenters. The number of Topliss-reactive ketones (excluding diaryl/α,β-unsaturated/α-hetero) is 2. The Morgan fingerprint density at radius 1 is 0.694 bits per heavy atom. The summed E-state index contributed by atoms with van der Waals surface area (Å²) in [5, 5.41) is 46.6. The zero-order valence-corrected chi connectivity index (χ0v) is 21.2. The van der Waals surface area contributed by atoms with Gasteiger partial charge in [0.05, 0.1) is 10.8 Å². The van der Waals surface area contributed by atoms with Crippen LogP contribution in [0.1, 0.15) is 41.5 Å². The summed E-state index contributed by atoms with van der Waals surface area (Å²) in [7, 11) is 0. The third kappa shape index (κ3) is 2.15. The van der Waals surface area contributed by atoms with Gasteiger partial charge in [0.15, 0.2) is 11.6 Å². The summed E-state index contributed by atoms with van der Waals surface area (Å²) in [5.74, 6) is -9.12. The lowest BCUT2D eigenvalue weighted by Crippen LogP contribution is -2.74. The molecular formula is C28H32O8. The van der Waals surface area contributed by atoms with E-state index in [2.05, 4.69) is 0 Å². The summed E-state index contributed by atoms with van der Waals surface area (Å²) in [6, 6.07) is 0. The molecule has 2 saturated heterocycles. The Labute approximate surface area is 209 Å². The van der Waals surface area contributed by atoms with E-state index in [0.717, 1.165) is 0 Å². The summed E-state index contributed by atoms with van der Waals surface area (Å²) in [6.45, 7) is 9.48. The van der Waals surface area contributed by atoms with E-state index in [-0.39, 0.29) is 22.7 Å². The van der Waals surface area contributed by atoms with Gasteiger partial charge in [0.25, 0.3) is 0 Å². The fraction of sp³-hybridized carbons (Fsp3) is 0.500. The van der Waals surface area contributed by atoms with E-state index in [0.29, 0.717) is 0 Å². The average molecular weight is 497 g/mol. The lowest BCUT2D eigenvalue weighted by Gasteiger charge is -2.58. The van der Waals surface area contributed by atoms with Crippen molar-refractivity contribution in [2.75, 3.05) is 0 Å². The molecule has 5 rings (SSSR count). The Balaban J connectivity index is 1.93. The van der Waals surface area contributed by atoms with Crippen molar-refractivity contribution in [3.8, 4) is 0 Å². The number of ether oxygens (including phenoxy) is 2. The van der Waals surface area contributed by atoms with E-state index in [1.807, 2.05) is 0 Å². The number of allylic oxidation sites excluding steroid dienone is 8. The van der Waals surface area contributed by atoms with E-state index >= 15 is 0 Å². The minimum absolute atomic E-state index is 0.113. The van der Waals surface area contributed by atoms with Gasteiger partial charge in [0.1, 0.15) is 22.7 Å². The first-order valence-corrected chi connectivity index (χ1v) is 12.1. The minimum Gasteiger partial charge on any atom is -0.508 e. The molecule has 0 aromatic rings. The van der Waals surface area contributed by atoms with E-state index in [4.69, 9.17) is 9.47 Å². The lowest BCUT2D eigenvalue weighted by molar-refractivity contribution is -0.450. The van der Waals surface area contributed by atoms with Crippen molar-refractivity contribution in [2.24, 2.45) is 22.7 Å². The SMILES string of the molecule is C/C=C/C=C/C(O)=C1/C(=O)[C@]2(C)C3/C(=C(O)/C=C/C=C/C)C(=O)C4(C)C1[C@]1(C)O[C@@]4(O)[C@@]3(C)O[C@@]12O. The third-order valence-corrected chi connectivity index (χ3v) is 9.41. The Hall–Kier alpha value is -2.78. The standard InChI is InChI=1S/C28H32O8/c1-7-9-11-13-15(29)17-19-23(3)22(32)18(16(30)14-12-10-8-2)20-24(4,21(17)31)28(34)25(19,5)35-27(23,33)26(20,6)36-28/h7-14,19-20,29-30,33-34H,1-6H3/b9-7+,10-8+,13-11+,14-12+,17-15-,18-16+/t19?,20?,23?,24-,25-,26-,27+,28+/m0/s1. The van der Waals surface area contributed by atoms with E-state index in [1.54, 1.807) is 50.3 Å². The highest BCUT2D eigenvalue weighted by molar-refractivity contribution is 6.13. The molecule has 4 N–H and O–H groups in total. The molecule has 8 heteroatoms. The van der Waals surface area contributed by atoms with E-state index in [9.17, 15) is 30.0 Å². The molecule has 3 saturated carbocycles. The number of rotatable bonds is 4. The highest BCUT2D eigenvalue weighted by Gasteiger charge is 2.99. The summed E-state index contributed by atoms with van der Waals surface area (Å²) in [6.07, 6.45) is 12.6. The number of aliphatic hydroxyl groups excluding tert-OH is 2. The molecule has 8 bridgehead atoms. The second-order valence-corrected chi connectivity index (χ2v) is 11.0. The van der Waals surface area contributed by atoms with Crippen LogP contribution in [0.25, 0.3) is 0 Å². The molecule has 0 aromatic carbocycles. The van der Waals surface area contributed by atoms with Crippen molar-refractivity contribution in [1.82, 2.24) is 0 Å². The predicted molar refractivity (Wildman–Crippen MR) is 129 cm³/mol. The maximum absolute atomic E-state index is 14.3. The van der Waals surface area contributed by atoms with Crippen molar-refractivity contribution >= 4 is 11.6 Å². The summed E-state index contributed by atoms with van der Waals surface area (Å²) in [4.78, 5) is 28.7. The minimum atomic E-state index is -2.26. The zero-order valence-electron chi connectivity index (χ0n) is 21.2. The van der Waals surface area contributed by atoms with Crippen LogP contribution in [0.5, 0.6) is 0 Å². The first-order valence-electron chi connectivity index (χ1n) is 12.1. The van der Waals surface area contributed by atoms with Gasteiger partial charge in [-0.2, -0.15) is 0 Å². The quantitative estimate of drug-likeness (QED) is 0.265. The molecule has 36 heavy (non-hydrogen) atoms. The smallest absolute Gasteiger partial charge is 0.210 e. The number of hydrogen-bond acceptors (Lipinski definition) is 8. The fourth-order valence-corrected chi connectivity index (χ4v) is 7.94. The molecule has 0 radical (unpaired) electrons. The van der Waals surface area contributed by atoms with Gasteiger partial charge in [0, 0.05) is 23.0 Å². The largest absolute Gasteiger partial charge is 0.508 e. The van der Waals surface area contributed by atoms with Gasteiger partial charge in [-0.15, -0.1) is 0 Å². The molecule has 3 aliphatic carbocycles. The molecular weight excluding hydrogens is 464 g/mol. The van der Waals surface area contributed by atoms with Crippen molar-refractivity contribution in [2.45, 2.75) is 64.3 Å². The monoisotopic (exact) mass is 496 g/mol. The normalized spacial score (nSPS) is 51.8. The lowest BCUT2D eigenvalue weighted by atomic mass is 9.39. The Morgan fingerprint density at radius 3 is 1.33 bits per heavy atom. The fourth-order valence-electron chi connectivity index (χ4n) is 7.94. The molecule has 0 aromatic heterocycles. The van der Waals surface area contributed by atoms with Gasteiger partial charge >= 0.3 is 0 Å². The van der Waals surface area contributed by atoms with Crippen LogP contribution in [0, 0.1) is 22.7 Å². The summed E-state index contributed by atoms with van der Waals surface area (Å²) >= 11 is 0. The zero-order chi connectivity index (χ0) is 26.7. The molecule has 192 valence electrons. The third-order valence-electron chi connectivity index (χ3n) is 9.41. The van der Waals surface area contributed by atoms with Crippen molar-refractivity contribution in [3.63, 3.8) is 0 Å². The van der Waals surface area contributed by atoms with Crippen molar-refractivity contribution in [1.29, 1.82) is 0 Å². The summed E-state index contributed by atoms with van der Waals surface area (Å²) < 4.78 is 12.5. The predicted octanol–water partition coefficient (Wildman–Crippen LogP) is 3.25. The van der Waals surface area contributed by atoms with Crippen LogP contribution in [-0.2, 0) is 19.1 Å². The molecule has 8 nitrogen and oxygen atoms in total. The Bertz CT molecular complexity index is 1190. The first-order chi connectivity index (χ1) is 16.7. The highest BCUT2D eigenvalue weighted by atomic mass is 16.8. The van der Waals surface area contributed by atoms with E-state index < -0.39 is 57.0 Å². The molecule has 2 heterocycles. The molecule has 5 aliphatic rings. The number of aliphatic hydroxyl groups is 4. The van der Waals surface area contributed by atoms with Crippen LogP contribution in [0.2, 0.25) is 0 Å². The van der Waals surface area contributed by atoms with Crippen LogP contribution >= 0.6 is 0 Å². The topological polar surface area (TPSA) is 134 Å². The molecule has 2 aliphatic heterocycles. The average Bonchev–Trinajstić information content (AvgIpc) is 3.12. The number of ketones is 2. The molecule has 5 fully saturated rings. The van der Waals surface area contributed by atoms with Gasteiger partial charge in [-0.3, -0.25) is 9.59 Å². The highest BCUT2D eigenvalue weighted by Crippen LogP contribution is 2.83.